The number of allylic oxidation sites excluding steroid dienone is 1. The summed E-state index contributed by atoms with van der Waals surface area (Å²) in [4.78, 5) is 68.8. The third-order valence-electron chi connectivity index (χ3n) is 8.12. The number of aromatic nitrogens is 2. The lowest BCUT2D eigenvalue weighted by Crippen LogP contribution is -2.68. The van der Waals surface area contributed by atoms with Gasteiger partial charge in [0, 0.05) is 18.3 Å². The first-order chi connectivity index (χ1) is 21.2. The standard InChI is InChI=1S/C32H38N6O5S/c1-2-3-8-15-33-26(39)14-7-5-11-23(34-29(42)30-36-22-10-4-6-13-25(22)44-30)28(41)35-24-12-9-16-38(31(24)43)20-27(40)37-32-17-21(18-32)19-32/h4,6-7,9-10,12-14,16,21,23H,2-3,5,8,11,15,17-20H2,1H3,(H,33,39)(H,34,42)(H,35,41)(H,37,40)/b14-7+/t21?,23-,32?/m0/s1. The number of carbonyl (C=O) groups excluding carboxylic acids is 4. The SMILES string of the molecule is CCCCCNC(=O)/C=C/CC[C@H](NC(=O)c1nc2ccccc2s1)C(=O)Nc1cccn(CC(=O)NC23CC(C2)C3)c1=O. The van der Waals surface area contributed by atoms with Gasteiger partial charge < -0.3 is 25.8 Å². The molecular formula is C32H38N6O5S. The molecule has 3 aliphatic carbocycles. The molecule has 3 saturated carbocycles. The highest BCUT2D eigenvalue weighted by Crippen LogP contribution is 2.56. The number of nitrogens with one attached hydrogen (secondary N) is 4. The molecule has 11 nitrogen and oxygen atoms in total. The summed E-state index contributed by atoms with van der Waals surface area (Å²) in [5.41, 5.74) is 0.0525. The van der Waals surface area contributed by atoms with Crippen LogP contribution >= 0.6 is 11.3 Å². The Hall–Kier alpha value is -4.32. The van der Waals surface area contributed by atoms with E-state index in [0.717, 1.165) is 43.2 Å². The van der Waals surface area contributed by atoms with Crippen LogP contribution in [0.1, 0.15) is 68.1 Å². The van der Waals surface area contributed by atoms with Gasteiger partial charge in [0.05, 0.1) is 10.2 Å². The number of fused-ring (bicyclic) bond motifs is 1. The summed E-state index contributed by atoms with van der Waals surface area (Å²) in [6.45, 7) is 2.53. The van der Waals surface area contributed by atoms with E-state index in [1.807, 2.05) is 18.2 Å². The number of hydrogen-bond donors (Lipinski definition) is 4. The van der Waals surface area contributed by atoms with Crippen LogP contribution < -0.4 is 26.8 Å². The lowest BCUT2D eigenvalue weighted by Gasteiger charge is -2.61. The van der Waals surface area contributed by atoms with Crippen molar-refractivity contribution in [2.24, 2.45) is 5.92 Å². The Labute approximate surface area is 259 Å². The molecule has 4 N–H and O–H groups in total. The molecule has 3 fully saturated rings. The number of pyridine rings is 1. The summed E-state index contributed by atoms with van der Waals surface area (Å²) >= 11 is 1.22. The summed E-state index contributed by atoms with van der Waals surface area (Å²) in [7, 11) is 0. The van der Waals surface area contributed by atoms with Gasteiger partial charge in [-0.05, 0) is 74.8 Å². The summed E-state index contributed by atoms with van der Waals surface area (Å²) in [6.07, 6.45) is 11.1. The molecule has 2 heterocycles. The zero-order valence-electron chi connectivity index (χ0n) is 24.8. The van der Waals surface area contributed by atoms with Crippen molar-refractivity contribution in [3.8, 4) is 0 Å². The van der Waals surface area contributed by atoms with Crippen LogP contribution in [0.4, 0.5) is 5.69 Å². The van der Waals surface area contributed by atoms with Crippen LogP contribution in [0.25, 0.3) is 10.2 Å². The minimum Gasteiger partial charge on any atom is -0.353 e. The lowest BCUT2D eigenvalue weighted by molar-refractivity contribution is -0.133. The number of anilines is 1. The van der Waals surface area contributed by atoms with E-state index in [0.29, 0.717) is 24.4 Å². The first-order valence-corrected chi connectivity index (χ1v) is 16.0. The molecule has 12 heteroatoms. The second kappa shape index (κ2) is 14.0. The number of rotatable bonds is 15. The fraction of sp³-hybridized carbons (Fsp3) is 0.438. The van der Waals surface area contributed by atoms with E-state index in [-0.39, 0.29) is 41.0 Å². The van der Waals surface area contributed by atoms with Crippen LogP contribution in [0.15, 0.2) is 59.5 Å². The first-order valence-electron chi connectivity index (χ1n) is 15.2. The van der Waals surface area contributed by atoms with E-state index in [2.05, 4.69) is 33.2 Å². The monoisotopic (exact) mass is 618 g/mol. The third kappa shape index (κ3) is 7.60. The molecule has 2 bridgehead atoms. The van der Waals surface area contributed by atoms with Gasteiger partial charge in [-0.1, -0.05) is 38.0 Å². The van der Waals surface area contributed by atoms with Crippen molar-refractivity contribution in [3.63, 3.8) is 0 Å². The molecule has 0 saturated heterocycles. The molecule has 0 spiro atoms. The largest absolute Gasteiger partial charge is 0.353 e. The number of nitrogens with zero attached hydrogens (tertiary/aromatic N) is 2. The molecule has 3 aliphatic rings. The Morgan fingerprint density at radius 3 is 2.64 bits per heavy atom. The molecule has 3 aromatic rings. The number of unbranched alkanes of at least 4 members (excludes halogenated alkanes) is 2. The highest BCUT2D eigenvalue weighted by molar-refractivity contribution is 7.20. The van der Waals surface area contributed by atoms with Crippen LogP contribution in [0, 0.1) is 5.92 Å². The minimum atomic E-state index is -1.02. The smallest absolute Gasteiger partial charge is 0.280 e. The van der Waals surface area contributed by atoms with Crippen molar-refractivity contribution in [2.75, 3.05) is 11.9 Å². The molecule has 2 aromatic heterocycles. The minimum absolute atomic E-state index is 0.00273. The van der Waals surface area contributed by atoms with Gasteiger partial charge in [-0.25, -0.2) is 4.98 Å². The van der Waals surface area contributed by atoms with Crippen molar-refractivity contribution in [1.29, 1.82) is 0 Å². The van der Waals surface area contributed by atoms with Crippen molar-refractivity contribution in [1.82, 2.24) is 25.5 Å². The summed E-state index contributed by atoms with van der Waals surface area (Å²) in [5, 5.41) is 11.5. The Morgan fingerprint density at radius 1 is 1.11 bits per heavy atom. The van der Waals surface area contributed by atoms with Crippen LogP contribution in [-0.4, -0.2) is 51.3 Å². The molecule has 0 aliphatic heterocycles. The predicted molar refractivity (Wildman–Crippen MR) is 169 cm³/mol. The van der Waals surface area contributed by atoms with Gasteiger partial charge in [0.1, 0.15) is 18.3 Å². The third-order valence-corrected chi connectivity index (χ3v) is 9.15. The number of amides is 4. The lowest BCUT2D eigenvalue weighted by atomic mass is 9.50. The van der Waals surface area contributed by atoms with Crippen LogP contribution in [-0.2, 0) is 20.9 Å². The average molecular weight is 619 g/mol. The topological polar surface area (TPSA) is 151 Å². The fourth-order valence-corrected chi connectivity index (χ4v) is 6.52. The van der Waals surface area contributed by atoms with Crippen molar-refractivity contribution < 1.29 is 19.2 Å². The first kappa shape index (κ1) is 31.1. The molecule has 0 unspecified atom stereocenters. The molecular weight excluding hydrogens is 580 g/mol. The Morgan fingerprint density at radius 2 is 1.91 bits per heavy atom. The Bertz CT molecular complexity index is 1580. The Kier molecular flexibility index (Phi) is 9.89. The molecule has 1 aromatic carbocycles. The summed E-state index contributed by atoms with van der Waals surface area (Å²) in [5.74, 6) is -0.855. The molecule has 44 heavy (non-hydrogen) atoms. The quantitative estimate of drug-likeness (QED) is 0.151. The predicted octanol–water partition coefficient (Wildman–Crippen LogP) is 3.51. The van der Waals surface area contributed by atoms with Gasteiger partial charge in [0.2, 0.25) is 17.7 Å². The van der Waals surface area contributed by atoms with Gasteiger partial charge in [0.15, 0.2) is 5.01 Å². The van der Waals surface area contributed by atoms with E-state index < -0.39 is 23.4 Å². The van der Waals surface area contributed by atoms with Crippen LogP contribution in [0.5, 0.6) is 0 Å². The fourth-order valence-electron chi connectivity index (χ4n) is 5.65. The maximum atomic E-state index is 13.4. The van der Waals surface area contributed by atoms with Crippen LogP contribution in [0.3, 0.4) is 0 Å². The van der Waals surface area contributed by atoms with E-state index in [9.17, 15) is 24.0 Å². The van der Waals surface area contributed by atoms with Crippen LogP contribution in [0.2, 0.25) is 0 Å². The number of para-hydroxylation sites is 1. The zero-order valence-corrected chi connectivity index (χ0v) is 25.6. The van der Waals surface area contributed by atoms with Gasteiger partial charge in [0.25, 0.3) is 11.5 Å². The van der Waals surface area contributed by atoms with E-state index in [4.69, 9.17) is 0 Å². The number of hydrogen-bond acceptors (Lipinski definition) is 7. The highest BCUT2D eigenvalue weighted by atomic mass is 32.1. The number of thiazole rings is 1. The van der Waals surface area contributed by atoms with Crippen molar-refractivity contribution in [2.45, 2.75) is 76.4 Å². The van der Waals surface area contributed by atoms with Crippen molar-refractivity contribution in [3.05, 3.63) is 70.1 Å². The molecule has 6 rings (SSSR count). The van der Waals surface area contributed by atoms with Gasteiger partial charge in [-0.15, -0.1) is 11.3 Å². The normalized spacial score (nSPS) is 19.1. The maximum absolute atomic E-state index is 13.4. The van der Waals surface area contributed by atoms with Crippen molar-refractivity contribution >= 4 is 50.9 Å². The molecule has 1 atom stereocenters. The van der Waals surface area contributed by atoms with E-state index >= 15 is 0 Å². The van der Waals surface area contributed by atoms with E-state index in [1.165, 1.54) is 34.2 Å². The number of benzene rings is 1. The molecule has 0 radical (unpaired) electrons. The average Bonchev–Trinajstić information content (AvgIpc) is 3.41. The van der Waals surface area contributed by atoms with Gasteiger partial charge in [-0.3, -0.25) is 24.0 Å². The van der Waals surface area contributed by atoms with Gasteiger partial charge in [-0.2, -0.15) is 0 Å². The van der Waals surface area contributed by atoms with E-state index in [1.54, 1.807) is 18.2 Å². The second-order valence-corrected chi connectivity index (χ2v) is 12.7. The maximum Gasteiger partial charge on any atom is 0.280 e. The number of carbonyl (C=O) groups is 4. The zero-order chi connectivity index (χ0) is 31.1. The van der Waals surface area contributed by atoms with Gasteiger partial charge >= 0.3 is 0 Å². The summed E-state index contributed by atoms with van der Waals surface area (Å²) in [6, 6.07) is 9.39. The Balaban J connectivity index is 1.23. The second-order valence-electron chi connectivity index (χ2n) is 11.6. The molecule has 232 valence electrons. The molecule has 4 amide bonds. The highest BCUT2D eigenvalue weighted by Gasteiger charge is 2.57. The summed E-state index contributed by atoms with van der Waals surface area (Å²) < 4.78 is 2.10.